The van der Waals surface area contributed by atoms with Gasteiger partial charge in [0, 0.05) is 32.2 Å². The van der Waals surface area contributed by atoms with E-state index in [1.807, 2.05) is 6.07 Å². The molecule has 3 fully saturated rings. The zero-order valence-corrected chi connectivity index (χ0v) is 17.7. The van der Waals surface area contributed by atoms with Crippen LogP contribution in [-0.2, 0) is 14.8 Å². The Morgan fingerprint density at radius 3 is 2.46 bits per heavy atom. The summed E-state index contributed by atoms with van der Waals surface area (Å²) in [5.74, 6) is 0. The van der Waals surface area contributed by atoms with Crippen molar-refractivity contribution in [1.82, 2.24) is 9.62 Å². The van der Waals surface area contributed by atoms with E-state index < -0.39 is 10.0 Å². The van der Waals surface area contributed by atoms with Gasteiger partial charge in [0.1, 0.15) is 0 Å². The average Bonchev–Trinajstić information content (AvgIpc) is 3.53. The van der Waals surface area contributed by atoms with Gasteiger partial charge < -0.3 is 20.3 Å². The van der Waals surface area contributed by atoms with E-state index in [4.69, 9.17) is 17.0 Å². The summed E-state index contributed by atoms with van der Waals surface area (Å²) in [4.78, 5) is 2.61. The molecule has 0 aromatic heterocycles. The van der Waals surface area contributed by atoms with E-state index in [0.29, 0.717) is 42.4 Å². The maximum atomic E-state index is 13.1. The number of hydrogen-bond donors (Lipinski definition) is 2. The smallest absolute Gasteiger partial charge is 0.243 e. The number of benzene rings is 1. The Labute approximate surface area is 172 Å². The molecule has 1 aromatic carbocycles. The maximum absolute atomic E-state index is 13.1. The SMILES string of the molecule is O=S(=O)(c1ccc(N2CCCCC2)c(NC(=S)NC2CC2)c1)N1CCOCC1. The molecule has 0 unspecified atom stereocenters. The third-order valence-corrected chi connectivity index (χ3v) is 7.55. The van der Waals surface area contributed by atoms with Crippen LogP contribution in [0.5, 0.6) is 0 Å². The molecule has 2 aliphatic heterocycles. The first kappa shape index (κ1) is 19.9. The molecule has 3 aliphatic rings. The molecule has 9 heteroatoms. The summed E-state index contributed by atoms with van der Waals surface area (Å²) in [6, 6.07) is 5.81. The molecular weight excluding hydrogens is 396 g/mol. The van der Waals surface area contributed by atoms with Gasteiger partial charge in [0.25, 0.3) is 0 Å². The minimum Gasteiger partial charge on any atom is -0.379 e. The van der Waals surface area contributed by atoms with Gasteiger partial charge in [-0.1, -0.05) is 0 Å². The number of thiocarbonyl (C=S) groups is 1. The van der Waals surface area contributed by atoms with E-state index in [0.717, 1.165) is 50.1 Å². The summed E-state index contributed by atoms with van der Waals surface area (Å²) in [5.41, 5.74) is 1.77. The van der Waals surface area contributed by atoms with Crippen LogP contribution in [-0.4, -0.2) is 63.3 Å². The molecule has 0 radical (unpaired) electrons. The van der Waals surface area contributed by atoms with Crippen LogP contribution in [0.25, 0.3) is 0 Å². The molecule has 0 spiro atoms. The van der Waals surface area contributed by atoms with Gasteiger partial charge in [-0.3, -0.25) is 0 Å². The fourth-order valence-corrected chi connectivity index (χ4v) is 5.41. The van der Waals surface area contributed by atoms with Crippen LogP contribution in [0.3, 0.4) is 0 Å². The van der Waals surface area contributed by atoms with Crippen LogP contribution in [0, 0.1) is 0 Å². The molecule has 0 amide bonds. The first-order valence-electron chi connectivity index (χ1n) is 10.1. The normalized spacial score (nSPS) is 21.4. The quantitative estimate of drug-likeness (QED) is 0.702. The van der Waals surface area contributed by atoms with E-state index in [2.05, 4.69) is 15.5 Å². The molecule has 154 valence electrons. The van der Waals surface area contributed by atoms with Gasteiger partial charge >= 0.3 is 0 Å². The lowest BCUT2D eigenvalue weighted by Gasteiger charge is -2.31. The van der Waals surface area contributed by atoms with Crippen LogP contribution in [0.1, 0.15) is 32.1 Å². The molecular formula is C19H28N4O3S2. The topological polar surface area (TPSA) is 73.9 Å². The summed E-state index contributed by atoms with van der Waals surface area (Å²) in [6.07, 6.45) is 5.80. The Hall–Kier alpha value is -1.42. The number of ether oxygens (including phenoxy) is 1. The second-order valence-electron chi connectivity index (χ2n) is 7.62. The summed E-state index contributed by atoms with van der Waals surface area (Å²) in [6.45, 7) is 3.61. The number of hydrogen-bond acceptors (Lipinski definition) is 5. The third-order valence-electron chi connectivity index (χ3n) is 5.43. The van der Waals surface area contributed by atoms with Crippen molar-refractivity contribution in [1.29, 1.82) is 0 Å². The lowest BCUT2D eigenvalue weighted by molar-refractivity contribution is 0.0730. The first-order chi connectivity index (χ1) is 13.5. The van der Waals surface area contributed by atoms with Crippen LogP contribution < -0.4 is 15.5 Å². The highest BCUT2D eigenvalue weighted by molar-refractivity contribution is 7.89. The van der Waals surface area contributed by atoms with Crippen molar-refractivity contribution < 1.29 is 13.2 Å². The van der Waals surface area contributed by atoms with Crippen molar-refractivity contribution in [3.8, 4) is 0 Å². The third kappa shape index (κ3) is 4.59. The van der Waals surface area contributed by atoms with Crippen molar-refractivity contribution in [3.63, 3.8) is 0 Å². The standard InChI is InChI=1S/C19H28N4O3S2/c24-28(25,23-10-12-26-13-11-23)16-6-7-18(22-8-2-1-3-9-22)17(14-16)21-19(27)20-15-4-5-15/h6-7,14-15H,1-5,8-13H2,(H2,20,21,27). The highest BCUT2D eigenvalue weighted by Crippen LogP contribution is 2.32. The second-order valence-corrected chi connectivity index (χ2v) is 9.96. The highest BCUT2D eigenvalue weighted by Gasteiger charge is 2.28. The number of morpholine rings is 1. The minimum absolute atomic E-state index is 0.298. The van der Waals surface area contributed by atoms with Gasteiger partial charge in [0.05, 0.1) is 29.5 Å². The van der Waals surface area contributed by atoms with Gasteiger partial charge in [0.2, 0.25) is 10.0 Å². The van der Waals surface area contributed by atoms with Crippen molar-refractivity contribution in [3.05, 3.63) is 18.2 Å². The number of anilines is 2. The molecule has 1 saturated carbocycles. The van der Waals surface area contributed by atoms with Gasteiger partial charge in [-0.15, -0.1) is 0 Å². The molecule has 0 atom stereocenters. The number of nitrogens with zero attached hydrogens (tertiary/aromatic N) is 2. The fraction of sp³-hybridized carbons (Fsp3) is 0.632. The molecule has 4 rings (SSSR count). The predicted molar refractivity (Wildman–Crippen MR) is 114 cm³/mol. The number of piperidine rings is 1. The van der Waals surface area contributed by atoms with E-state index in [-0.39, 0.29) is 0 Å². The van der Waals surface area contributed by atoms with Crippen LogP contribution in [0.4, 0.5) is 11.4 Å². The Bertz CT molecular complexity index is 814. The highest BCUT2D eigenvalue weighted by atomic mass is 32.2. The van der Waals surface area contributed by atoms with Crippen molar-refractivity contribution in [2.45, 2.75) is 43.0 Å². The summed E-state index contributed by atoms with van der Waals surface area (Å²) >= 11 is 5.46. The minimum atomic E-state index is -3.55. The predicted octanol–water partition coefficient (Wildman–Crippen LogP) is 2.15. The van der Waals surface area contributed by atoms with E-state index in [1.54, 1.807) is 12.1 Å². The Kier molecular flexibility index (Phi) is 6.05. The van der Waals surface area contributed by atoms with E-state index in [1.165, 1.54) is 10.7 Å². The lowest BCUT2D eigenvalue weighted by atomic mass is 10.1. The van der Waals surface area contributed by atoms with E-state index in [9.17, 15) is 8.42 Å². The second kappa shape index (κ2) is 8.52. The van der Waals surface area contributed by atoms with Crippen molar-refractivity contribution in [2.24, 2.45) is 0 Å². The molecule has 0 bridgehead atoms. The first-order valence-corrected chi connectivity index (χ1v) is 11.9. The average molecular weight is 425 g/mol. The number of sulfonamides is 1. The van der Waals surface area contributed by atoms with Gasteiger partial charge in [0.15, 0.2) is 5.11 Å². The van der Waals surface area contributed by atoms with Crippen molar-refractivity contribution in [2.75, 3.05) is 49.6 Å². The van der Waals surface area contributed by atoms with Crippen LogP contribution >= 0.6 is 12.2 Å². The fourth-order valence-electron chi connectivity index (χ4n) is 3.69. The Morgan fingerprint density at radius 2 is 1.79 bits per heavy atom. The molecule has 2 saturated heterocycles. The molecule has 28 heavy (non-hydrogen) atoms. The molecule has 1 aliphatic carbocycles. The summed E-state index contributed by atoms with van der Waals surface area (Å²) in [5, 5.41) is 7.10. The van der Waals surface area contributed by atoms with Gasteiger partial charge in [-0.05, 0) is 62.5 Å². The van der Waals surface area contributed by atoms with Crippen molar-refractivity contribution >= 4 is 38.7 Å². The number of nitrogens with one attached hydrogen (secondary N) is 2. The lowest BCUT2D eigenvalue weighted by Crippen LogP contribution is -2.40. The maximum Gasteiger partial charge on any atom is 0.243 e. The zero-order valence-electron chi connectivity index (χ0n) is 16.0. The molecule has 1 aromatic rings. The molecule has 2 N–H and O–H groups in total. The van der Waals surface area contributed by atoms with Crippen LogP contribution in [0.15, 0.2) is 23.1 Å². The summed E-state index contributed by atoms with van der Waals surface area (Å²) < 4.78 is 33.0. The molecule has 7 nitrogen and oxygen atoms in total. The van der Waals surface area contributed by atoms with Gasteiger partial charge in [-0.25, -0.2) is 8.42 Å². The van der Waals surface area contributed by atoms with Gasteiger partial charge in [-0.2, -0.15) is 4.31 Å². The Morgan fingerprint density at radius 1 is 1.07 bits per heavy atom. The Balaban J connectivity index is 1.62. The largest absolute Gasteiger partial charge is 0.379 e. The summed E-state index contributed by atoms with van der Waals surface area (Å²) in [7, 11) is -3.55. The zero-order chi connectivity index (χ0) is 19.6. The number of rotatable bonds is 5. The van der Waals surface area contributed by atoms with E-state index >= 15 is 0 Å². The van der Waals surface area contributed by atoms with Crippen LogP contribution in [0.2, 0.25) is 0 Å². The molecule has 2 heterocycles. The monoisotopic (exact) mass is 424 g/mol.